The number of methoxy groups -OCH3 is 2. The third kappa shape index (κ3) is 4.71. The average Bonchev–Trinajstić information content (AvgIpc) is 2.45. The van der Waals surface area contributed by atoms with E-state index >= 15 is 0 Å². The summed E-state index contributed by atoms with van der Waals surface area (Å²) in [5.74, 6) is -0.758. The van der Waals surface area contributed by atoms with E-state index in [1.807, 2.05) is 30.3 Å². The highest BCUT2D eigenvalue weighted by atomic mass is 16.5. The van der Waals surface area contributed by atoms with Crippen LogP contribution in [-0.2, 0) is 25.6 Å². The Bertz CT molecular complexity index is 419. The van der Waals surface area contributed by atoms with Crippen LogP contribution < -0.4 is 0 Å². The summed E-state index contributed by atoms with van der Waals surface area (Å²) in [4.78, 5) is 24.7. The molecule has 0 bridgehead atoms. The van der Waals surface area contributed by atoms with Gasteiger partial charge in [-0.3, -0.25) is 14.5 Å². The molecule has 5 nitrogen and oxygen atoms in total. The highest BCUT2D eigenvalue weighted by molar-refractivity contribution is 5.77. The third-order valence-electron chi connectivity index (χ3n) is 2.88. The standard InChI is InChI=1S/C14H19NO4/c1-11(14(17)19-3)15(10-13(16)18-2)9-12-7-5-4-6-8-12/h4-8,11H,9-10H2,1-3H3/t11-/m1/s1. The molecule has 0 aliphatic heterocycles. The summed E-state index contributed by atoms with van der Waals surface area (Å²) in [5.41, 5.74) is 1.02. The molecule has 1 atom stereocenters. The van der Waals surface area contributed by atoms with Gasteiger partial charge in [-0.1, -0.05) is 30.3 Å². The second-order valence-electron chi connectivity index (χ2n) is 4.17. The molecule has 0 radical (unpaired) electrons. The maximum Gasteiger partial charge on any atom is 0.322 e. The highest BCUT2D eigenvalue weighted by Crippen LogP contribution is 2.09. The van der Waals surface area contributed by atoms with Gasteiger partial charge in [0.05, 0.1) is 20.8 Å². The van der Waals surface area contributed by atoms with Gasteiger partial charge in [-0.15, -0.1) is 0 Å². The second-order valence-corrected chi connectivity index (χ2v) is 4.17. The molecule has 0 N–H and O–H groups in total. The zero-order chi connectivity index (χ0) is 14.3. The number of hydrogen-bond acceptors (Lipinski definition) is 5. The molecule has 5 heteroatoms. The van der Waals surface area contributed by atoms with E-state index in [4.69, 9.17) is 4.74 Å². The molecule has 0 unspecified atom stereocenters. The first-order chi connectivity index (χ1) is 9.08. The first-order valence-corrected chi connectivity index (χ1v) is 6.01. The van der Waals surface area contributed by atoms with E-state index in [9.17, 15) is 9.59 Å². The third-order valence-corrected chi connectivity index (χ3v) is 2.88. The maximum atomic E-state index is 11.6. The van der Waals surface area contributed by atoms with Crippen molar-refractivity contribution in [1.82, 2.24) is 4.90 Å². The Hall–Kier alpha value is -1.88. The van der Waals surface area contributed by atoms with Crippen molar-refractivity contribution in [2.24, 2.45) is 0 Å². The number of carbonyl (C=O) groups is 2. The highest BCUT2D eigenvalue weighted by Gasteiger charge is 2.24. The Morgan fingerprint density at radius 2 is 1.79 bits per heavy atom. The normalized spacial score (nSPS) is 12.0. The summed E-state index contributed by atoms with van der Waals surface area (Å²) in [7, 11) is 2.66. The van der Waals surface area contributed by atoms with Crippen molar-refractivity contribution in [3.05, 3.63) is 35.9 Å². The summed E-state index contributed by atoms with van der Waals surface area (Å²) >= 11 is 0. The van der Waals surface area contributed by atoms with Crippen molar-refractivity contribution >= 4 is 11.9 Å². The minimum absolute atomic E-state index is 0.0433. The average molecular weight is 265 g/mol. The van der Waals surface area contributed by atoms with Gasteiger partial charge in [-0.2, -0.15) is 0 Å². The van der Waals surface area contributed by atoms with Crippen LogP contribution in [-0.4, -0.2) is 43.6 Å². The summed E-state index contributed by atoms with van der Waals surface area (Å²) in [5, 5.41) is 0. The number of nitrogens with zero attached hydrogens (tertiary/aromatic N) is 1. The Morgan fingerprint density at radius 1 is 1.16 bits per heavy atom. The molecule has 0 saturated heterocycles. The lowest BCUT2D eigenvalue weighted by molar-refractivity contribution is -0.149. The number of benzene rings is 1. The Morgan fingerprint density at radius 3 is 2.32 bits per heavy atom. The number of hydrogen-bond donors (Lipinski definition) is 0. The Labute approximate surface area is 113 Å². The molecule has 0 spiro atoms. The summed E-state index contributed by atoms with van der Waals surface area (Å²) in [6.07, 6.45) is 0. The van der Waals surface area contributed by atoms with Gasteiger partial charge in [0.25, 0.3) is 0 Å². The fraction of sp³-hybridized carbons (Fsp3) is 0.429. The Kier molecular flexibility index (Phi) is 6.02. The predicted molar refractivity (Wildman–Crippen MR) is 70.3 cm³/mol. The minimum Gasteiger partial charge on any atom is -0.468 e. The number of carbonyl (C=O) groups excluding carboxylic acids is 2. The van der Waals surface area contributed by atoms with Gasteiger partial charge >= 0.3 is 11.9 Å². The summed E-state index contributed by atoms with van der Waals surface area (Å²) < 4.78 is 9.36. The smallest absolute Gasteiger partial charge is 0.322 e. The van der Waals surface area contributed by atoms with E-state index in [1.54, 1.807) is 11.8 Å². The topological polar surface area (TPSA) is 55.8 Å². The number of ether oxygens (including phenoxy) is 2. The SMILES string of the molecule is COC(=O)CN(Cc1ccccc1)[C@H](C)C(=O)OC. The van der Waals surface area contributed by atoms with Crippen LogP contribution in [0.1, 0.15) is 12.5 Å². The van der Waals surface area contributed by atoms with Crippen molar-refractivity contribution in [3.8, 4) is 0 Å². The molecule has 1 aromatic carbocycles. The largest absolute Gasteiger partial charge is 0.468 e. The van der Waals surface area contributed by atoms with E-state index in [1.165, 1.54) is 14.2 Å². The number of rotatable bonds is 6. The molecular formula is C14H19NO4. The van der Waals surface area contributed by atoms with Gasteiger partial charge in [0.1, 0.15) is 6.04 Å². The van der Waals surface area contributed by atoms with Gasteiger partial charge in [0.2, 0.25) is 0 Å². The van der Waals surface area contributed by atoms with Crippen molar-refractivity contribution < 1.29 is 19.1 Å². The van der Waals surface area contributed by atoms with Crippen LogP contribution in [0, 0.1) is 0 Å². The monoisotopic (exact) mass is 265 g/mol. The van der Waals surface area contributed by atoms with Crippen LogP contribution in [0.2, 0.25) is 0 Å². The first-order valence-electron chi connectivity index (χ1n) is 6.01. The summed E-state index contributed by atoms with van der Waals surface area (Å²) in [6, 6.07) is 9.10. The van der Waals surface area contributed by atoms with Gasteiger partial charge in [0, 0.05) is 6.54 Å². The van der Waals surface area contributed by atoms with Crippen molar-refractivity contribution in [1.29, 1.82) is 0 Å². The molecule has 0 amide bonds. The molecule has 0 fully saturated rings. The lowest BCUT2D eigenvalue weighted by Gasteiger charge is -2.26. The molecule has 0 heterocycles. The molecule has 1 aromatic rings. The zero-order valence-electron chi connectivity index (χ0n) is 11.5. The molecule has 104 valence electrons. The number of esters is 2. The lowest BCUT2D eigenvalue weighted by atomic mass is 10.2. The van der Waals surface area contributed by atoms with Crippen molar-refractivity contribution in [3.63, 3.8) is 0 Å². The molecule has 0 aliphatic carbocycles. The molecular weight excluding hydrogens is 246 g/mol. The van der Waals surface area contributed by atoms with Crippen LogP contribution in [0.3, 0.4) is 0 Å². The second kappa shape index (κ2) is 7.53. The lowest BCUT2D eigenvalue weighted by Crippen LogP contribution is -2.42. The fourth-order valence-electron chi connectivity index (χ4n) is 1.70. The fourth-order valence-corrected chi connectivity index (χ4v) is 1.70. The molecule has 0 saturated carbocycles. The van der Waals surface area contributed by atoms with E-state index < -0.39 is 6.04 Å². The Balaban J connectivity index is 2.80. The zero-order valence-corrected chi connectivity index (χ0v) is 11.5. The minimum atomic E-state index is -0.510. The molecule has 1 rings (SSSR count). The molecule has 0 aromatic heterocycles. The van der Waals surface area contributed by atoms with Gasteiger partial charge < -0.3 is 9.47 Å². The predicted octanol–water partition coefficient (Wildman–Crippen LogP) is 1.22. The van der Waals surface area contributed by atoms with E-state index in [-0.39, 0.29) is 18.5 Å². The van der Waals surface area contributed by atoms with Gasteiger partial charge in [-0.05, 0) is 12.5 Å². The van der Waals surface area contributed by atoms with E-state index in [2.05, 4.69) is 4.74 Å². The van der Waals surface area contributed by atoms with Gasteiger partial charge in [0.15, 0.2) is 0 Å². The van der Waals surface area contributed by atoms with Gasteiger partial charge in [-0.25, -0.2) is 0 Å². The van der Waals surface area contributed by atoms with Crippen molar-refractivity contribution in [2.75, 3.05) is 20.8 Å². The first kappa shape index (κ1) is 15.2. The molecule has 0 aliphatic rings. The van der Waals surface area contributed by atoms with E-state index in [0.717, 1.165) is 5.56 Å². The van der Waals surface area contributed by atoms with Crippen LogP contribution >= 0.6 is 0 Å². The van der Waals surface area contributed by atoms with Crippen LogP contribution in [0.4, 0.5) is 0 Å². The van der Waals surface area contributed by atoms with Crippen LogP contribution in [0.25, 0.3) is 0 Å². The maximum absolute atomic E-state index is 11.6. The van der Waals surface area contributed by atoms with Crippen LogP contribution in [0.15, 0.2) is 30.3 Å². The molecule has 19 heavy (non-hydrogen) atoms. The van der Waals surface area contributed by atoms with Crippen LogP contribution in [0.5, 0.6) is 0 Å². The summed E-state index contributed by atoms with van der Waals surface area (Å²) in [6.45, 7) is 2.23. The van der Waals surface area contributed by atoms with Crippen molar-refractivity contribution in [2.45, 2.75) is 19.5 Å². The quantitative estimate of drug-likeness (QED) is 0.724. The van der Waals surface area contributed by atoms with E-state index in [0.29, 0.717) is 6.54 Å².